The maximum atomic E-state index is 12.6. The van der Waals surface area contributed by atoms with E-state index in [9.17, 15) is 56.9 Å². The molecule has 0 saturated heterocycles. The SMILES string of the molecule is CC1=NN(c2ccccc2)C(=O)C1N=Nc1cc([N+](=O)[O-])cc(S(=O)(=O)O)c1O.CC1=NN(c2ccccc2)C(=O)C1N=Nc1cc([N+](=O)[O-])cc(S(=O)(=O)O)c1O.[Cr]. The van der Waals surface area contributed by atoms with Gasteiger partial charge < -0.3 is 10.2 Å². The number of nitro groups is 2. The van der Waals surface area contributed by atoms with Gasteiger partial charge in [0.05, 0.1) is 32.6 Å². The van der Waals surface area contributed by atoms with Crippen LogP contribution in [0.4, 0.5) is 34.1 Å². The van der Waals surface area contributed by atoms with Crippen LogP contribution in [-0.4, -0.2) is 81.3 Å². The van der Waals surface area contributed by atoms with E-state index in [0.717, 1.165) is 22.2 Å². The van der Waals surface area contributed by atoms with Gasteiger partial charge in [-0.15, -0.1) is 0 Å². The zero-order valence-electron chi connectivity index (χ0n) is 29.8. The fourth-order valence-corrected chi connectivity index (χ4v) is 6.28. The van der Waals surface area contributed by atoms with Gasteiger partial charge in [0.15, 0.2) is 23.6 Å². The van der Waals surface area contributed by atoms with Gasteiger partial charge in [-0.05, 0) is 38.1 Å². The minimum atomic E-state index is -4.97. The van der Waals surface area contributed by atoms with E-state index in [0.29, 0.717) is 23.5 Å². The molecule has 4 aromatic rings. The molecule has 0 bridgehead atoms. The third kappa shape index (κ3) is 9.99. The molecular weight excluding hydrogens is 865 g/mol. The first kappa shape index (κ1) is 44.8. The number of anilines is 2. The molecule has 306 valence electrons. The van der Waals surface area contributed by atoms with Gasteiger partial charge >= 0.3 is 0 Å². The molecule has 0 aliphatic carbocycles. The summed E-state index contributed by atoms with van der Waals surface area (Å²) in [5, 5.41) is 67.2. The summed E-state index contributed by atoms with van der Waals surface area (Å²) in [6.07, 6.45) is 0. The molecule has 0 aromatic heterocycles. The number of benzene rings is 4. The third-order valence-corrected chi connectivity index (χ3v) is 9.55. The fourth-order valence-electron chi connectivity index (χ4n) is 5.04. The number of phenolic OH excluding ortho intramolecular Hbond substituents is 2. The number of carbonyl (C=O) groups is 2. The molecule has 6 rings (SSSR count). The van der Waals surface area contributed by atoms with Crippen molar-refractivity contribution in [2.45, 2.75) is 35.7 Å². The zero-order chi connectivity index (χ0) is 42.7. The largest absolute Gasteiger partial charge is 0.504 e. The van der Waals surface area contributed by atoms with Crippen LogP contribution in [0.5, 0.6) is 11.5 Å². The van der Waals surface area contributed by atoms with Crippen LogP contribution in [0.3, 0.4) is 0 Å². The van der Waals surface area contributed by atoms with Crippen molar-refractivity contribution in [2.75, 3.05) is 10.0 Å². The van der Waals surface area contributed by atoms with Crippen LogP contribution in [0.25, 0.3) is 0 Å². The monoisotopic (exact) mass is 890 g/mol. The van der Waals surface area contributed by atoms with Gasteiger partial charge in [0.1, 0.15) is 21.2 Å². The van der Waals surface area contributed by atoms with Crippen molar-refractivity contribution in [2.24, 2.45) is 30.7 Å². The number of non-ortho nitro benzene ring substituents is 2. The first-order valence-electron chi connectivity index (χ1n) is 15.9. The Labute approximate surface area is 342 Å². The molecule has 2 unspecified atom stereocenters. The molecule has 0 saturated carbocycles. The van der Waals surface area contributed by atoms with Crippen LogP contribution < -0.4 is 10.0 Å². The summed E-state index contributed by atoms with van der Waals surface area (Å²) >= 11 is 0. The normalized spacial score (nSPS) is 16.7. The Bertz CT molecular complexity index is 2520. The number of azo groups is 2. The second kappa shape index (κ2) is 17.7. The van der Waals surface area contributed by atoms with Crippen LogP contribution in [0.15, 0.2) is 125 Å². The number of hydrazone groups is 2. The second-order valence-corrected chi connectivity index (χ2v) is 14.6. The van der Waals surface area contributed by atoms with E-state index >= 15 is 0 Å². The molecule has 27 heteroatoms. The fraction of sp³-hybridized carbons (Fsp3) is 0.125. The topological polar surface area (TPSA) is 350 Å². The van der Waals surface area contributed by atoms with E-state index in [1.54, 1.807) is 60.7 Å². The first-order chi connectivity index (χ1) is 27.2. The molecule has 4 N–H and O–H groups in total. The van der Waals surface area contributed by atoms with E-state index in [1.807, 2.05) is 0 Å². The molecule has 59 heavy (non-hydrogen) atoms. The number of para-hydroxylation sites is 2. The molecule has 2 aliphatic heterocycles. The predicted molar refractivity (Wildman–Crippen MR) is 200 cm³/mol. The minimum Gasteiger partial charge on any atom is -0.504 e. The van der Waals surface area contributed by atoms with Gasteiger partial charge in [0.2, 0.25) is 0 Å². The van der Waals surface area contributed by atoms with E-state index in [2.05, 4.69) is 30.7 Å². The summed E-state index contributed by atoms with van der Waals surface area (Å²) in [6.45, 7) is 3.03. The molecule has 2 amide bonds. The summed E-state index contributed by atoms with van der Waals surface area (Å²) in [7, 11) is -9.94. The average Bonchev–Trinajstić information content (AvgIpc) is 3.61. The summed E-state index contributed by atoms with van der Waals surface area (Å²) in [6, 6.07) is 17.1. The summed E-state index contributed by atoms with van der Waals surface area (Å²) in [5.41, 5.74) is -1.21. The number of rotatable bonds is 10. The van der Waals surface area contributed by atoms with Gasteiger partial charge in [0.25, 0.3) is 43.4 Å². The smallest absolute Gasteiger partial charge is 0.298 e. The molecule has 0 radical (unpaired) electrons. The van der Waals surface area contributed by atoms with Crippen molar-refractivity contribution in [1.29, 1.82) is 0 Å². The Kier molecular flexibility index (Phi) is 13.5. The number of hydrogen-bond donors (Lipinski definition) is 4. The van der Waals surface area contributed by atoms with Crippen LogP contribution in [0, 0.1) is 20.2 Å². The molecule has 2 atom stereocenters. The quantitative estimate of drug-likeness (QED) is 0.0716. The van der Waals surface area contributed by atoms with E-state index in [-0.39, 0.29) is 28.8 Å². The third-order valence-electron chi connectivity index (χ3n) is 7.81. The van der Waals surface area contributed by atoms with E-state index < -0.39 is 98.0 Å². The van der Waals surface area contributed by atoms with Crippen molar-refractivity contribution in [3.63, 3.8) is 0 Å². The average molecular weight is 891 g/mol. The number of amides is 2. The van der Waals surface area contributed by atoms with Crippen molar-refractivity contribution in [3.05, 3.63) is 105 Å². The zero-order valence-corrected chi connectivity index (χ0v) is 32.7. The summed E-state index contributed by atoms with van der Waals surface area (Å²) in [4.78, 5) is 43.1. The number of nitrogens with zero attached hydrogens (tertiary/aromatic N) is 10. The Morgan fingerprint density at radius 2 is 0.949 bits per heavy atom. The van der Waals surface area contributed by atoms with Crippen LogP contribution in [-0.2, 0) is 47.2 Å². The minimum absolute atomic E-state index is 0. The molecule has 2 aliphatic rings. The van der Waals surface area contributed by atoms with Gasteiger partial charge in [-0.2, -0.15) is 57.5 Å². The Hall–Kier alpha value is -6.89. The van der Waals surface area contributed by atoms with Crippen LogP contribution >= 0.6 is 0 Å². The molecule has 24 nitrogen and oxygen atoms in total. The molecule has 4 aromatic carbocycles. The van der Waals surface area contributed by atoms with Gasteiger partial charge in [-0.3, -0.25) is 38.9 Å². The number of hydrogen-bond acceptors (Lipinski definition) is 18. The van der Waals surface area contributed by atoms with Crippen molar-refractivity contribution in [3.8, 4) is 11.5 Å². The van der Waals surface area contributed by atoms with Gasteiger partial charge in [-0.25, -0.2) is 0 Å². The number of aromatic hydroxyl groups is 2. The van der Waals surface area contributed by atoms with Gasteiger partial charge in [0, 0.05) is 41.6 Å². The Morgan fingerprint density at radius 1 is 0.627 bits per heavy atom. The molecule has 0 fully saturated rings. The van der Waals surface area contributed by atoms with Crippen LogP contribution in [0.2, 0.25) is 0 Å². The van der Waals surface area contributed by atoms with E-state index in [4.69, 9.17) is 9.11 Å². The predicted octanol–water partition coefficient (Wildman–Crippen LogP) is 4.84. The maximum absolute atomic E-state index is 12.6. The standard InChI is InChI=1S/2C16H13N5O7S.Cr/c2*1-9-14(16(23)20(19-9)10-5-3-2-4-6-10)18-17-12-7-11(21(24)25)8-13(15(12)22)29(26,27)28;/h2*2-8,14,22H,1H3,(H,26,27,28);. The summed E-state index contributed by atoms with van der Waals surface area (Å²) in [5.74, 6) is -3.20. The van der Waals surface area contributed by atoms with Crippen molar-refractivity contribution >= 4 is 77.6 Å². The Morgan fingerprint density at radius 3 is 1.24 bits per heavy atom. The molecule has 0 spiro atoms. The first-order valence-corrected chi connectivity index (χ1v) is 18.7. The number of carbonyl (C=O) groups excluding carboxylic acids is 2. The molecule has 2 heterocycles. The van der Waals surface area contributed by atoms with Crippen molar-refractivity contribution in [1.82, 2.24) is 0 Å². The van der Waals surface area contributed by atoms with E-state index in [1.165, 1.54) is 13.8 Å². The Balaban J connectivity index is 0.000000256. The van der Waals surface area contributed by atoms with Gasteiger partial charge in [-0.1, -0.05) is 36.4 Å². The number of phenols is 2. The molecular formula is C32H26CrN10O14S2. The second-order valence-electron chi connectivity index (χ2n) is 11.8. The number of nitro benzene ring substituents is 2. The maximum Gasteiger partial charge on any atom is 0.298 e. The van der Waals surface area contributed by atoms with Crippen molar-refractivity contribution < 1.29 is 73.0 Å². The summed E-state index contributed by atoms with van der Waals surface area (Å²) < 4.78 is 63.8. The van der Waals surface area contributed by atoms with Crippen LogP contribution in [0.1, 0.15) is 13.8 Å².